The average Bonchev–Trinajstić information content (AvgIpc) is 2.98. The number of likely N-dealkylation sites (tertiary alicyclic amines) is 1. The zero-order valence-corrected chi connectivity index (χ0v) is 14.1. The molecule has 2 aromatic carbocycles. The van der Waals surface area contributed by atoms with E-state index in [1.807, 2.05) is 54.4 Å². The quantitative estimate of drug-likeness (QED) is 0.615. The number of likely N-dealkylation sites (N-methyl/N-ethyl adjacent to an activating group) is 1. The summed E-state index contributed by atoms with van der Waals surface area (Å²) in [6.07, 6.45) is 0.416. The number of hydrogen-bond acceptors (Lipinski definition) is 4. The van der Waals surface area contributed by atoms with Crippen LogP contribution in [0.3, 0.4) is 0 Å². The van der Waals surface area contributed by atoms with Crippen LogP contribution in [-0.2, 0) is 9.59 Å². The number of aldehydes is 1. The minimum atomic E-state index is -0.380. The molecule has 0 spiro atoms. The summed E-state index contributed by atoms with van der Waals surface area (Å²) in [6, 6.07) is 14.8. The van der Waals surface area contributed by atoms with Crippen LogP contribution in [0.5, 0.6) is 11.5 Å². The molecule has 2 unspecified atom stereocenters. The van der Waals surface area contributed by atoms with Gasteiger partial charge in [-0.05, 0) is 37.4 Å². The lowest BCUT2D eigenvalue weighted by molar-refractivity contribution is -0.132. The van der Waals surface area contributed by atoms with Crippen molar-refractivity contribution in [3.05, 3.63) is 59.1 Å². The maximum atomic E-state index is 12.0. The second-order valence-corrected chi connectivity index (χ2v) is 6.49. The Morgan fingerprint density at radius 1 is 1.21 bits per heavy atom. The van der Waals surface area contributed by atoms with Gasteiger partial charge in [0.25, 0.3) is 0 Å². The third-order valence-corrected chi connectivity index (χ3v) is 4.56. The van der Waals surface area contributed by atoms with Gasteiger partial charge in [-0.3, -0.25) is 9.59 Å². The molecule has 3 rings (SSSR count). The summed E-state index contributed by atoms with van der Waals surface area (Å²) < 4.78 is 6.00. The molecule has 1 heterocycles. The van der Waals surface area contributed by atoms with Crippen molar-refractivity contribution in [3.8, 4) is 11.5 Å². The third-order valence-electron chi connectivity index (χ3n) is 4.33. The highest BCUT2D eigenvalue weighted by Gasteiger charge is 2.38. The van der Waals surface area contributed by atoms with Crippen molar-refractivity contribution in [1.29, 1.82) is 0 Å². The Kier molecular flexibility index (Phi) is 4.97. The number of para-hydroxylation sites is 1. The fourth-order valence-corrected chi connectivity index (χ4v) is 3.39. The van der Waals surface area contributed by atoms with Gasteiger partial charge in [-0.1, -0.05) is 29.8 Å². The van der Waals surface area contributed by atoms with Crippen LogP contribution in [0.4, 0.5) is 0 Å². The first-order chi connectivity index (χ1) is 11.6. The molecule has 0 bridgehead atoms. The number of benzene rings is 2. The number of carbonyl (C=O) groups is 2. The van der Waals surface area contributed by atoms with Crippen LogP contribution in [0, 0.1) is 5.92 Å². The van der Waals surface area contributed by atoms with Gasteiger partial charge in [-0.25, -0.2) is 0 Å². The number of halogens is 1. The molecule has 2 atom stereocenters. The van der Waals surface area contributed by atoms with Gasteiger partial charge in [0.15, 0.2) is 12.1 Å². The van der Waals surface area contributed by atoms with Crippen molar-refractivity contribution >= 4 is 23.7 Å². The number of hydrogen-bond donors (Lipinski definition) is 0. The summed E-state index contributed by atoms with van der Waals surface area (Å²) in [5, 5.41) is 0.581. The highest BCUT2D eigenvalue weighted by atomic mass is 35.5. The predicted octanol–water partition coefficient (Wildman–Crippen LogP) is 3.55. The lowest BCUT2D eigenvalue weighted by Crippen LogP contribution is -2.23. The molecule has 0 radical (unpaired) electrons. The minimum Gasteiger partial charge on any atom is -0.457 e. The van der Waals surface area contributed by atoms with E-state index in [0.717, 1.165) is 5.56 Å². The zero-order chi connectivity index (χ0) is 17.1. The molecular weight excluding hydrogens is 326 g/mol. The molecule has 1 saturated heterocycles. The van der Waals surface area contributed by atoms with Crippen molar-refractivity contribution in [3.63, 3.8) is 0 Å². The number of nitrogens with zero attached hydrogens (tertiary/aromatic N) is 1. The number of Topliss-reactive ketones (excluding diaryl/α,β-unsaturated/α-hetero) is 1. The van der Waals surface area contributed by atoms with E-state index in [1.165, 1.54) is 0 Å². The summed E-state index contributed by atoms with van der Waals surface area (Å²) >= 11 is 6.17. The van der Waals surface area contributed by atoms with Gasteiger partial charge in [0.1, 0.15) is 11.5 Å². The topological polar surface area (TPSA) is 46.6 Å². The van der Waals surface area contributed by atoms with Crippen molar-refractivity contribution in [2.24, 2.45) is 5.92 Å². The molecule has 0 saturated carbocycles. The number of ketones is 1. The second-order valence-electron chi connectivity index (χ2n) is 6.05. The molecule has 1 aliphatic heterocycles. The van der Waals surface area contributed by atoms with Gasteiger partial charge in [-0.2, -0.15) is 0 Å². The maximum absolute atomic E-state index is 12.0. The normalized spacial score (nSPS) is 20.8. The molecule has 0 aromatic heterocycles. The third kappa shape index (κ3) is 3.50. The van der Waals surface area contributed by atoms with Gasteiger partial charge in [0.05, 0.1) is 0 Å². The Balaban J connectivity index is 1.98. The Hall–Kier alpha value is -2.17. The molecule has 0 N–H and O–H groups in total. The Morgan fingerprint density at radius 3 is 2.67 bits per heavy atom. The Bertz CT molecular complexity index is 748. The lowest BCUT2D eigenvalue weighted by Gasteiger charge is -2.20. The van der Waals surface area contributed by atoms with Crippen LogP contribution in [0.15, 0.2) is 48.5 Å². The first-order valence-corrected chi connectivity index (χ1v) is 8.16. The summed E-state index contributed by atoms with van der Waals surface area (Å²) in [4.78, 5) is 25.1. The minimum absolute atomic E-state index is 0.120. The van der Waals surface area contributed by atoms with Crippen molar-refractivity contribution in [2.75, 3.05) is 20.1 Å². The molecule has 0 amide bonds. The van der Waals surface area contributed by atoms with Crippen molar-refractivity contribution < 1.29 is 14.3 Å². The van der Waals surface area contributed by atoms with Gasteiger partial charge in [-0.15, -0.1) is 0 Å². The summed E-state index contributed by atoms with van der Waals surface area (Å²) in [7, 11) is 1.94. The molecule has 1 aliphatic rings. The molecule has 0 aliphatic carbocycles. The van der Waals surface area contributed by atoms with Gasteiger partial charge in [0.2, 0.25) is 0 Å². The molecule has 1 fully saturated rings. The van der Waals surface area contributed by atoms with Crippen molar-refractivity contribution in [2.45, 2.75) is 5.92 Å². The highest BCUT2D eigenvalue weighted by molar-refractivity contribution is 6.30. The summed E-state index contributed by atoms with van der Waals surface area (Å²) in [6.45, 7) is 1.23. The van der Waals surface area contributed by atoms with E-state index in [0.29, 0.717) is 35.9 Å². The zero-order valence-electron chi connectivity index (χ0n) is 13.3. The first-order valence-electron chi connectivity index (χ1n) is 7.78. The van der Waals surface area contributed by atoms with Gasteiger partial charge < -0.3 is 9.64 Å². The van der Waals surface area contributed by atoms with Crippen LogP contribution < -0.4 is 4.74 Å². The standard InChI is InChI=1S/C19H18ClNO3/c1-21-10-16(17(11-21)18(23)12-22)15-9-13(20)7-8-19(15)24-14-5-3-2-4-6-14/h2-9,12,16-17H,10-11H2,1H3. The highest BCUT2D eigenvalue weighted by Crippen LogP contribution is 2.40. The predicted molar refractivity (Wildman–Crippen MR) is 92.8 cm³/mol. The summed E-state index contributed by atoms with van der Waals surface area (Å²) in [5.74, 6) is 0.504. The molecular formula is C19H18ClNO3. The number of rotatable bonds is 5. The van der Waals surface area contributed by atoms with E-state index >= 15 is 0 Å². The fourth-order valence-electron chi connectivity index (χ4n) is 3.21. The van der Waals surface area contributed by atoms with E-state index in [4.69, 9.17) is 16.3 Å². The van der Waals surface area contributed by atoms with Crippen LogP contribution in [-0.4, -0.2) is 37.1 Å². The lowest BCUT2D eigenvalue weighted by atomic mass is 9.86. The van der Waals surface area contributed by atoms with Crippen LogP contribution in [0.25, 0.3) is 0 Å². The van der Waals surface area contributed by atoms with Crippen LogP contribution in [0.1, 0.15) is 11.5 Å². The molecule has 2 aromatic rings. The Morgan fingerprint density at radius 2 is 1.96 bits per heavy atom. The molecule has 4 nitrogen and oxygen atoms in total. The molecule has 24 heavy (non-hydrogen) atoms. The first kappa shape index (κ1) is 16.7. The van der Waals surface area contributed by atoms with Crippen molar-refractivity contribution in [1.82, 2.24) is 4.90 Å². The largest absolute Gasteiger partial charge is 0.457 e. The van der Waals surface area contributed by atoms with E-state index < -0.39 is 0 Å². The van der Waals surface area contributed by atoms with Gasteiger partial charge >= 0.3 is 0 Å². The van der Waals surface area contributed by atoms with E-state index in [-0.39, 0.29) is 17.6 Å². The maximum Gasteiger partial charge on any atom is 0.200 e. The molecule has 124 valence electrons. The van der Waals surface area contributed by atoms with E-state index in [2.05, 4.69) is 0 Å². The van der Waals surface area contributed by atoms with E-state index in [1.54, 1.807) is 6.07 Å². The SMILES string of the molecule is CN1CC(C(=O)C=O)C(c2cc(Cl)ccc2Oc2ccccc2)C1. The average molecular weight is 344 g/mol. The number of carbonyl (C=O) groups excluding carboxylic acids is 2. The van der Waals surface area contributed by atoms with Gasteiger partial charge in [0, 0.05) is 35.5 Å². The Labute approximate surface area is 146 Å². The van der Waals surface area contributed by atoms with Crippen LogP contribution >= 0.6 is 11.6 Å². The number of ether oxygens (including phenoxy) is 1. The summed E-state index contributed by atoms with van der Waals surface area (Å²) in [5.41, 5.74) is 0.857. The van der Waals surface area contributed by atoms with E-state index in [9.17, 15) is 9.59 Å². The molecule has 5 heteroatoms. The van der Waals surface area contributed by atoms with Crippen LogP contribution in [0.2, 0.25) is 5.02 Å². The monoisotopic (exact) mass is 343 g/mol. The second kappa shape index (κ2) is 7.16. The smallest absolute Gasteiger partial charge is 0.200 e. The fraction of sp³-hybridized carbons (Fsp3) is 0.263.